The van der Waals surface area contributed by atoms with Crippen molar-refractivity contribution in [3.63, 3.8) is 0 Å². The van der Waals surface area contributed by atoms with Crippen LogP contribution >= 0.6 is 15.9 Å². The SMILES string of the molecule is CC(C)[C@H](NC(=O)OC(C)(C)C)C(=O)N[C@@H](Cc1ccccc1)[C@@H](O)CN(C(=O)OCc1ccccc1)[C@@H](Cc1ccc(Br)cc1)C(N)=O. The van der Waals surface area contributed by atoms with Crippen LogP contribution in [0.2, 0.25) is 0 Å². The van der Waals surface area contributed by atoms with Gasteiger partial charge in [-0.25, -0.2) is 9.59 Å². The van der Waals surface area contributed by atoms with Gasteiger partial charge in [0.2, 0.25) is 11.8 Å². The van der Waals surface area contributed by atoms with Gasteiger partial charge in [-0.05, 0) is 61.9 Å². The molecule has 12 heteroatoms. The van der Waals surface area contributed by atoms with Crippen LogP contribution in [0.4, 0.5) is 9.59 Å². The van der Waals surface area contributed by atoms with E-state index in [9.17, 15) is 24.3 Å². The van der Waals surface area contributed by atoms with Gasteiger partial charge in [0.25, 0.3) is 0 Å². The predicted octanol–water partition coefficient (Wildman–Crippen LogP) is 5.12. The Bertz CT molecular complexity index is 1520. The highest BCUT2D eigenvalue weighted by atomic mass is 79.9. The molecule has 3 rings (SSSR count). The number of alkyl carbamates (subject to hydrolysis) is 1. The molecular weight excluding hydrogens is 692 g/mol. The molecule has 5 N–H and O–H groups in total. The van der Waals surface area contributed by atoms with Gasteiger partial charge in [0, 0.05) is 10.9 Å². The van der Waals surface area contributed by atoms with Crippen LogP contribution in [0.25, 0.3) is 0 Å². The fourth-order valence-corrected chi connectivity index (χ4v) is 5.33. The molecule has 0 spiro atoms. The molecular formula is C37H47BrN4O7. The molecule has 3 aromatic carbocycles. The van der Waals surface area contributed by atoms with E-state index < -0.39 is 60.4 Å². The summed E-state index contributed by atoms with van der Waals surface area (Å²) in [6.07, 6.45) is -2.78. The fraction of sp³-hybridized carbons (Fsp3) is 0.405. The first-order chi connectivity index (χ1) is 23.1. The van der Waals surface area contributed by atoms with E-state index in [2.05, 4.69) is 26.6 Å². The first-order valence-electron chi connectivity index (χ1n) is 16.2. The summed E-state index contributed by atoms with van der Waals surface area (Å²) >= 11 is 3.40. The van der Waals surface area contributed by atoms with E-state index in [0.717, 1.165) is 26.1 Å². The second-order valence-corrected chi connectivity index (χ2v) is 14.1. The van der Waals surface area contributed by atoms with Gasteiger partial charge in [0.1, 0.15) is 24.3 Å². The number of primary amides is 1. The van der Waals surface area contributed by atoms with E-state index in [0.29, 0.717) is 0 Å². The molecule has 49 heavy (non-hydrogen) atoms. The number of ether oxygens (including phenoxy) is 2. The Labute approximate surface area is 296 Å². The molecule has 0 aliphatic carbocycles. The van der Waals surface area contributed by atoms with E-state index in [-0.39, 0.29) is 25.4 Å². The maximum Gasteiger partial charge on any atom is 0.410 e. The molecule has 264 valence electrons. The van der Waals surface area contributed by atoms with Gasteiger partial charge < -0.3 is 30.9 Å². The highest BCUT2D eigenvalue weighted by Gasteiger charge is 2.36. The van der Waals surface area contributed by atoms with Gasteiger partial charge >= 0.3 is 12.2 Å². The van der Waals surface area contributed by atoms with Crippen molar-refractivity contribution in [2.24, 2.45) is 11.7 Å². The van der Waals surface area contributed by atoms with Crippen LogP contribution in [0.5, 0.6) is 0 Å². The summed E-state index contributed by atoms with van der Waals surface area (Å²) in [7, 11) is 0. The number of carbonyl (C=O) groups is 4. The van der Waals surface area contributed by atoms with E-state index >= 15 is 0 Å². The molecule has 3 aromatic rings. The third kappa shape index (κ3) is 13.2. The summed E-state index contributed by atoms with van der Waals surface area (Å²) in [4.78, 5) is 54.1. The van der Waals surface area contributed by atoms with E-state index in [1.807, 2.05) is 60.7 Å². The van der Waals surface area contributed by atoms with Crippen molar-refractivity contribution in [2.75, 3.05) is 6.54 Å². The lowest BCUT2D eigenvalue weighted by molar-refractivity contribution is -0.127. The Kier molecular flexibility index (Phi) is 14.6. The maximum absolute atomic E-state index is 13.7. The van der Waals surface area contributed by atoms with Crippen LogP contribution in [0.15, 0.2) is 89.4 Å². The first-order valence-corrected chi connectivity index (χ1v) is 16.9. The van der Waals surface area contributed by atoms with Crippen LogP contribution in [0.1, 0.15) is 51.3 Å². The summed E-state index contributed by atoms with van der Waals surface area (Å²) < 4.78 is 11.8. The molecule has 0 saturated heterocycles. The van der Waals surface area contributed by atoms with Crippen molar-refractivity contribution in [1.29, 1.82) is 0 Å². The molecule has 0 aliphatic heterocycles. The number of rotatable bonds is 15. The second-order valence-electron chi connectivity index (χ2n) is 13.2. The van der Waals surface area contributed by atoms with Crippen LogP contribution < -0.4 is 16.4 Å². The molecule has 0 aromatic heterocycles. The van der Waals surface area contributed by atoms with E-state index in [1.165, 1.54) is 0 Å². The van der Waals surface area contributed by atoms with Crippen molar-refractivity contribution >= 4 is 39.9 Å². The Hall–Kier alpha value is -4.42. The second kappa shape index (κ2) is 18.4. The van der Waals surface area contributed by atoms with Crippen LogP contribution in [0.3, 0.4) is 0 Å². The minimum atomic E-state index is -1.39. The lowest BCUT2D eigenvalue weighted by atomic mass is 9.97. The van der Waals surface area contributed by atoms with Gasteiger partial charge in [-0.2, -0.15) is 0 Å². The summed E-state index contributed by atoms with van der Waals surface area (Å²) in [6, 6.07) is 22.3. The number of amides is 4. The Morgan fingerprint density at radius 2 is 1.39 bits per heavy atom. The number of carbonyl (C=O) groups excluding carboxylic acids is 4. The number of hydrogen-bond acceptors (Lipinski definition) is 7. The number of nitrogens with zero attached hydrogens (tertiary/aromatic N) is 1. The molecule has 4 atom stereocenters. The van der Waals surface area contributed by atoms with E-state index in [4.69, 9.17) is 15.2 Å². The van der Waals surface area contributed by atoms with E-state index in [1.54, 1.807) is 58.9 Å². The third-order valence-corrected chi connectivity index (χ3v) is 8.11. The standard InChI is InChI=1S/C37H47BrN4O7/c1-24(2)32(41-35(46)49-37(3,4)5)34(45)40-29(20-25-12-8-6-9-13-25)31(43)22-42(36(47)48-23-27-14-10-7-11-15-27)30(33(39)44)21-26-16-18-28(38)19-17-26/h6-19,24,29-32,43H,20-23H2,1-5H3,(H2,39,44)(H,40,45)(H,41,46)/t29-,30-,31-,32-/m0/s1. The van der Waals surface area contributed by atoms with Gasteiger partial charge in [-0.3, -0.25) is 14.5 Å². The monoisotopic (exact) mass is 738 g/mol. The van der Waals surface area contributed by atoms with Gasteiger partial charge in [0.05, 0.1) is 18.7 Å². The van der Waals surface area contributed by atoms with Crippen molar-refractivity contribution in [1.82, 2.24) is 15.5 Å². The topological polar surface area (TPSA) is 160 Å². The zero-order valence-corrected chi connectivity index (χ0v) is 30.2. The van der Waals surface area contributed by atoms with Crippen LogP contribution in [-0.2, 0) is 38.5 Å². The van der Waals surface area contributed by atoms with Gasteiger partial charge in [-0.15, -0.1) is 0 Å². The van der Waals surface area contributed by atoms with Crippen molar-refractivity contribution in [2.45, 2.75) is 83.9 Å². The molecule has 0 aliphatic rings. The molecule has 0 unspecified atom stereocenters. The molecule has 4 amide bonds. The van der Waals surface area contributed by atoms with Gasteiger partial charge in [-0.1, -0.05) is 103 Å². The van der Waals surface area contributed by atoms with Crippen molar-refractivity contribution in [3.05, 3.63) is 106 Å². The molecule has 0 radical (unpaired) electrons. The zero-order chi connectivity index (χ0) is 36.1. The fourth-order valence-electron chi connectivity index (χ4n) is 5.06. The zero-order valence-electron chi connectivity index (χ0n) is 28.6. The average Bonchev–Trinajstić information content (AvgIpc) is 3.04. The third-order valence-electron chi connectivity index (χ3n) is 7.58. The molecule has 0 saturated carbocycles. The normalized spacial score (nSPS) is 13.8. The number of aliphatic hydroxyl groups is 1. The lowest BCUT2D eigenvalue weighted by Gasteiger charge is -2.34. The summed E-state index contributed by atoms with van der Waals surface area (Å²) in [6.45, 7) is 8.22. The van der Waals surface area contributed by atoms with Crippen LogP contribution in [0, 0.1) is 5.92 Å². The summed E-state index contributed by atoms with van der Waals surface area (Å²) in [5.74, 6) is -1.69. The predicted molar refractivity (Wildman–Crippen MR) is 190 cm³/mol. The Balaban J connectivity index is 1.93. The average molecular weight is 740 g/mol. The number of nitrogens with two attached hydrogens (primary N) is 1. The highest BCUT2D eigenvalue weighted by molar-refractivity contribution is 9.10. The largest absolute Gasteiger partial charge is 0.445 e. The smallest absolute Gasteiger partial charge is 0.410 e. The quantitative estimate of drug-likeness (QED) is 0.168. The summed E-state index contributed by atoms with van der Waals surface area (Å²) in [5, 5.41) is 17.3. The van der Waals surface area contributed by atoms with Crippen molar-refractivity contribution < 1.29 is 33.8 Å². The molecule has 0 bridgehead atoms. The number of halogens is 1. The van der Waals surface area contributed by atoms with Crippen molar-refractivity contribution in [3.8, 4) is 0 Å². The number of hydrogen-bond donors (Lipinski definition) is 4. The Morgan fingerprint density at radius 3 is 1.92 bits per heavy atom. The number of nitrogens with one attached hydrogen (secondary N) is 2. The summed E-state index contributed by atoms with van der Waals surface area (Å²) in [5.41, 5.74) is 7.35. The molecule has 11 nitrogen and oxygen atoms in total. The van der Waals surface area contributed by atoms with Crippen LogP contribution in [-0.4, -0.2) is 70.4 Å². The first kappa shape index (κ1) is 39.0. The number of aliphatic hydroxyl groups excluding tert-OH is 1. The minimum absolute atomic E-state index is 0.0563. The highest BCUT2D eigenvalue weighted by Crippen LogP contribution is 2.18. The maximum atomic E-state index is 13.7. The minimum Gasteiger partial charge on any atom is -0.445 e. The Morgan fingerprint density at radius 1 is 0.837 bits per heavy atom. The van der Waals surface area contributed by atoms with Gasteiger partial charge in [0.15, 0.2) is 0 Å². The lowest BCUT2D eigenvalue weighted by Crippen LogP contribution is -2.59. The number of benzene rings is 3. The molecule has 0 fully saturated rings. The molecule has 0 heterocycles.